The molecule has 0 aliphatic carbocycles. The molecule has 22 heavy (non-hydrogen) atoms. The quantitative estimate of drug-likeness (QED) is 0.527. The molecule has 0 fully saturated rings. The number of hydrogen-bond donors (Lipinski definition) is 1. The van der Waals surface area contributed by atoms with Crippen LogP contribution in [0.4, 0.5) is 0 Å². The average Bonchev–Trinajstić information content (AvgIpc) is 2.52. The largest absolute Gasteiger partial charge is 0.480 e. The molecular weight excluding hydrogens is 288 g/mol. The first kappa shape index (κ1) is 18.6. The number of carbonyl (C=O) groups is 1. The van der Waals surface area contributed by atoms with Gasteiger partial charge in [-0.2, -0.15) is 0 Å². The normalized spacial score (nSPS) is 10.7. The van der Waals surface area contributed by atoms with Gasteiger partial charge in [-0.15, -0.1) is 0 Å². The highest BCUT2D eigenvalue weighted by molar-refractivity contribution is 5.67. The standard InChI is InChI=1S/C16H24O6/c17-16(18)14-22-12-11-20-10-9-19-7-4-8-21-13-15-5-2-1-3-6-15/h1-3,5-6H,4,7-14H2,(H,17,18). The van der Waals surface area contributed by atoms with Crippen molar-refractivity contribution < 1.29 is 28.8 Å². The van der Waals surface area contributed by atoms with E-state index in [1.807, 2.05) is 30.3 Å². The maximum Gasteiger partial charge on any atom is 0.329 e. The third kappa shape index (κ3) is 11.2. The molecule has 0 aromatic heterocycles. The van der Waals surface area contributed by atoms with E-state index in [4.69, 9.17) is 24.1 Å². The fourth-order valence-corrected chi connectivity index (χ4v) is 1.63. The molecular formula is C16H24O6. The van der Waals surface area contributed by atoms with E-state index in [2.05, 4.69) is 0 Å². The van der Waals surface area contributed by atoms with Crippen LogP contribution in [0.5, 0.6) is 0 Å². The molecule has 0 radical (unpaired) electrons. The third-order valence-corrected chi connectivity index (χ3v) is 2.66. The highest BCUT2D eigenvalue weighted by atomic mass is 16.5. The number of carboxylic acids is 1. The minimum Gasteiger partial charge on any atom is -0.480 e. The Kier molecular flexibility index (Phi) is 11.2. The predicted octanol–water partition coefficient (Wildman–Crippen LogP) is 1.73. The van der Waals surface area contributed by atoms with Crippen LogP contribution in [0.25, 0.3) is 0 Å². The second kappa shape index (κ2) is 13.2. The van der Waals surface area contributed by atoms with Crippen molar-refractivity contribution in [2.75, 3.05) is 46.2 Å². The summed E-state index contributed by atoms with van der Waals surface area (Å²) in [6.07, 6.45) is 0.842. The first-order valence-electron chi connectivity index (χ1n) is 7.35. The Morgan fingerprint density at radius 2 is 1.41 bits per heavy atom. The van der Waals surface area contributed by atoms with Crippen LogP contribution >= 0.6 is 0 Å². The molecule has 0 saturated carbocycles. The molecule has 0 heterocycles. The van der Waals surface area contributed by atoms with Crippen molar-refractivity contribution in [3.63, 3.8) is 0 Å². The summed E-state index contributed by atoms with van der Waals surface area (Å²) < 4.78 is 21.0. The van der Waals surface area contributed by atoms with Crippen LogP contribution in [-0.4, -0.2) is 57.3 Å². The Balaban J connectivity index is 1.76. The van der Waals surface area contributed by atoms with Gasteiger partial charge in [-0.3, -0.25) is 0 Å². The van der Waals surface area contributed by atoms with Crippen molar-refractivity contribution in [1.82, 2.24) is 0 Å². The summed E-state index contributed by atoms with van der Waals surface area (Å²) in [4.78, 5) is 10.2. The molecule has 0 bridgehead atoms. The molecule has 1 rings (SSSR count). The zero-order valence-corrected chi connectivity index (χ0v) is 12.7. The molecule has 0 amide bonds. The van der Waals surface area contributed by atoms with Gasteiger partial charge >= 0.3 is 5.97 Å². The molecule has 0 atom stereocenters. The van der Waals surface area contributed by atoms with E-state index < -0.39 is 5.97 Å². The van der Waals surface area contributed by atoms with Gasteiger partial charge < -0.3 is 24.1 Å². The van der Waals surface area contributed by atoms with Crippen molar-refractivity contribution in [2.24, 2.45) is 0 Å². The van der Waals surface area contributed by atoms with Crippen LogP contribution in [0.3, 0.4) is 0 Å². The number of aliphatic carboxylic acids is 1. The fraction of sp³-hybridized carbons (Fsp3) is 0.562. The molecule has 1 N–H and O–H groups in total. The molecule has 0 saturated heterocycles. The van der Waals surface area contributed by atoms with Crippen molar-refractivity contribution in [1.29, 1.82) is 0 Å². The van der Waals surface area contributed by atoms with E-state index in [9.17, 15) is 4.79 Å². The van der Waals surface area contributed by atoms with Gasteiger partial charge in [0.15, 0.2) is 0 Å². The Morgan fingerprint density at radius 3 is 2.09 bits per heavy atom. The Labute approximate surface area is 130 Å². The van der Waals surface area contributed by atoms with E-state index in [0.717, 1.165) is 6.42 Å². The molecule has 124 valence electrons. The highest BCUT2D eigenvalue weighted by Gasteiger charge is 1.96. The predicted molar refractivity (Wildman–Crippen MR) is 80.8 cm³/mol. The first-order valence-corrected chi connectivity index (χ1v) is 7.35. The lowest BCUT2D eigenvalue weighted by atomic mass is 10.2. The summed E-state index contributed by atoms with van der Waals surface area (Å²) in [5.74, 6) is -0.974. The van der Waals surface area contributed by atoms with Crippen LogP contribution in [0.2, 0.25) is 0 Å². The monoisotopic (exact) mass is 312 g/mol. The maximum atomic E-state index is 10.2. The lowest BCUT2D eigenvalue weighted by Crippen LogP contribution is -2.13. The van der Waals surface area contributed by atoms with Crippen LogP contribution in [-0.2, 0) is 30.3 Å². The van der Waals surface area contributed by atoms with Gasteiger partial charge in [-0.25, -0.2) is 4.79 Å². The summed E-state index contributed by atoms with van der Waals surface area (Å²) in [5, 5.41) is 8.34. The van der Waals surface area contributed by atoms with E-state index in [-0.39, 0.29) is 13.2 Å². The van der Waals surface area contributed by atoms with Crippen molar-refractivity contribution >= 4 is 5.97 Å². The SMILES string of the molecule is O=C(O)COCCOCCOCCCOCc1ccccc1. The second-order valence-electron chi connectivity index (χ2n) is 4.56. The maximum absolute atomic E-state index is 10.2. The van der Waals surface area contributed by atoms with Crippen LogP contribution in [0.15, 0.2) is 30.3 Å². The van der Waals surface area contributed by atoms with E-state index in [0.29, 0.717) is 39.6 Å². The Bertz CT molecular complexity index is 381. The number of carboxylic acid groups (broad SMARTS) is 1. The van der Waals surface area contributed by atoms with Crippen molar-refractivity contribution in [3.05, 3.63) is 35.9 Å². The third-order valence-electron chi connectivity index (χ3n) is 2.66. The summed E-state index contributed by atoms with van der Waals surface area (Å²) in [6.45, 7) is 3.27. The molecule has 6 heteroatoms. The van der Waals surface area contributed by atoms with Gasteiger partial charge in [0.05, 0.1) is 33.0 Å². The van der Waals surface area contributed by atoms with Gasteiger partial charge in [-0.1, -0.05) is 30.3 Å². The van der Waals surface area contributed by atoms with Gasteiger partial charge in [0.25, 0.3) is 0 Å². The lowest BCUT2D eigenvalue weighted by Gasteiger charge is -2.07. The Hall–Kier alpha value is -1.47. The topological polar surface area (TPSA) is 74.2 Å². The fourth-order valence-electron chi connectivity index (χ4n) is 1.63. The number of ether oxygens (including phenoxy) is 4. The van der Waals surface area contributed by atoms with Crippen molar-refractivity contribution in [2.45, 2.75) is 13.0 Å². The van der Waals surface area contributed by atoms with E-state index >= 15 is 0 Å². The van der Waals surface area contributed by atoms with Gasteiger partial charge in [0.1, 0.15) is 6.61 Å². The average molecular weight is 312 g/mol. The van der Waals surface area contributed by atoms with E-state index in [1.54, 1.807) is 0 Å². The minimum absolute atomic E-state index is 0.277. The van der Waals surface area contributed by atoms with Gasteiger partial charge in [0, 0.05) is 13.2 Å². The molecule has 1 aromatic carbocycles. The van der Waals surface area contributed by atoms with Crippen LogP contribution in [0, 0.1) is 0 Å². The summed E-state index contributed by atoms with van der Waals surface area (Å²) in [6, 6.07) is 10.0. The smallest absolute Gasteiger partial charge is 0.329 e. The van der Waals surface area contributed by atoms with Gasteiger partial charge in [0.2, 0.25) is 0 Å². The molecule has 1 aromatic rings. The van der Waals surface area contributed by atoms with Crippen LogP contribution < -0.4 is 0 Å². The molecule has 0 unspecified atom stereocenters. The van der Waals surface area contributed by atoms with Gasteiger partial charge in [-0.05, 0) is 12.0 Å². The zero-order valence-electron chi connectivity index (χ0n) is 12.7. The lowest BCUT2D eigenvalue weighted by molar-refractivity contribution is -0.142. The number of hydrogen-bond acceptors (Lipinski definition) is 5. The summed E-state index contributed by atoms with van der Waals surface area (Å²) in [7, 11) is 0. The molecule has 0 aliphatic heterocycles. The summed E-state index contributed by atoms with van der Waals surface area (Å²) >= 11 is 0. The highest BCUT2D eigenvalue weighted by Crippen LogP contribution is 2.00. The van der Waals surface area contributed by atoms with Crippen LogP contribution in [0.1, 0.15) is 12.0 Å². The van der Waals surface area contributed by atoms with E-state index in [1.165, 1.54) is 5.56 Å². The molecule has 0 aliphatic rings. The van der Waals surface area contributed by atoms with Crippen molar-refractivity contribution in [3.8, 4) is 0 Å². The summed E-state index contributed by atoms with van der Waals surface area (Å²) in [5.41, 5.74) is 1.17. The zero-order chi connectivity index (χ0) is 15.9. The number of benzene rings is 1. The molecule has 0 spiro atoms. The Morgan fingerprint density at radius 1 is 0.818 bits per heavy atom. The second-order valence-corrected chi connectivity index (χ2v) is 4.56. The minimum atomic E-state index is -0.974. The first-order chi connectivity index (χ1) is 10.8. The molecule has 6 nitrogen and oxygen atoms in total. The number of rotatable bonds is 14.